The Morgan fingerprint density at radius 1 is 1.06 bits per heavy atom. The summed E-state index contributed by atoms with van der Waals surface area (Å²) < 4.78 is 6.80. The maximum atomic E-state index is 6.06. The highest BCUT2D eigenvalue weighted by Crippen LogP contribution is 2.33. The van der Waals surface area contributed by atoms with E-state index in [1.807, 2.05) is 42.5 Å². The predicted octanol–water partition coefficient (Wildman–Crippen LogP) is 5.79. The molecule has 1 nitrogen and oxygen atoms in total. The standard InChI is InChI=1S/C13H9Br2ClO/c14-8-9-5-6-10(15)7-13(9)17-12-4-2-1-3-11(12)16/h1-7H,8H2. The second kappa shape index (κ2) is 5.89. The lowest BCUT2D eigenvalue weighted by atomic mass is 10.2. The predicted molar refractivity (Wildman–Crippen MR) is 78.3 cm³/mol. The summed E-state index contributed by atoms with van der Waals surface area (Å²) in [5.74, 6) is 1.46. The van der Waals surface area contributed by atoms with Crippen molar-refractivity contribution in [3.8, 4) is 11.5 Å². The molecular formula is C13H9Br2ClO. The van der Waals surface area contributed by atoms with Gasteiger partial charge in [0, 0.05) is 15.4 Å². The van der Waals surface area contributed by atoms with Crippen LogP contribution >= 0.6 is 43.5 Å². The second-order valence-corrected chi connectivity index (χ2v) is 5.30. The fourth-order valence-electron chi connectivity index (χ4n) is 1.38. The molecule has 0 heterocycles. The second-order valence-electron chi connectivity index (χ2n) is 3.42. The fourth-order valence-corrected chi connectivity index (χ4v) is 2.36. The third-order valence-corrected chi connectivity index (χ3v) is 3.64. The Kier molecular flexibility index (Phi) is 4.48. The molecule has 2 aromatic rings. The quantitative estimate of drug-likeness (QED) is 0.616. The van der Waals surface area contributed by atoms with Crippen molar-refractivity contribution in [3.63, 3.8) is 0 Å². The highest BCUT2D eigenvalue weighted by atomic mass is 79.9. The summed E-state index contributed by atoms with van der Waals surface area (Å²) in [6.45, 7) is 0. The van der Waals surface area contributed by atoms with E-state index in [-0.39, 0.29) is 0 Å². The molecule has 2 rings (SSSR count). The first-order valence-corrected chi connectivity index (χ1v) is 7.26. The summed E-state index contributed by atoms with van der Waals surface area (Å²) in [6.07, 6.45) is 0. The zero-order valence-electron chi connectivity index (χ0n) is 8.79. The molecule has 0 amide bonds. The zero-order chi connectivity index (χ0) is 12.3. The van der Waals surface area contributed by atoms with Crippen molar-refractivity contribution in [2.75, 3.05) is 0 Å². The van der Waals surface area contributed by atoms with Gasteiger partial charge in [-0.1, -0.05) is 61.7 Å². The molecule has 0 N–H and O–H groups in total. The van der Waals surface area contributed by atoms with Crippen LogP contribution in [0.25, 0.3) is 0 Å². The van der Waals surface area contributed by atoms with Gasteiger partial charge >= 0.3 is 0 Å². The van der Waals surface area contributed by atoms with Gasteiger partial charge in [0.05, 0.1) is 5.02 Å². The van der Waals surface area contributed by atoms with Gasteiger partial charge in [-0.05, 0) is 24.3 Å². The van der Waals surface area contributed by atoms with E-state index in [0.717, 1.165) is 21.1 Å². The van der Waals surface area contributed by atoms with E-state index in [2.05, 4.69) is 31.9 Å². The van der Waals surface area contributed by atoms with E-state index in [9.17, 15) is 0 Å². The van der Waals surface area contributed by atoms with Crippen molar-refractivity contribution in [3.05, 3.63) is 57.5 Å². The van der Waals surface area contributed by atoms with Crippen LogP contribution in [0.3, 0.4) is 0 Å². The lowest BCUT2D eigenvalue weighted by Crippen LogP contribution is -1.90. The maximum Gasteiger partial charge on any atom is 0.146 e. The van der Waals surface area contributed by atoms with Crippen molar-refractivity contribution in [2.24, 2.45) is 0 Å². The van der Waals surface area contributed by atoms with Gasteiger partial charge in [-0.2, -0.15) is 0 Å². The molecule has 0 aromatic heterocycles. The third-order valence-electron chi connectivity index (χ3n) is 2.23. The van der Waals surface area contributed by atoms with Crippen LogP contribution < -0.4 is 4.74 Å². The van der Waals surface area contributed by atoms with Gasteiger partial charge in [-0.3, -0.25) is 0 Å². The first kappa shape index (κ1) is 12.9. The molecule has 0 unspecified atom stereocenters. The lowest BCUT2D eigenvalue weighted by molar-refractivity contribution is 0.478. The van der Waals surface area contributed by atoms with E-state index >= 15 is 0 Å². The van der Waals surface area contributed by atoms with Crippen LogP contribution in [0.4, 0.5) is 0 Å². The maximum absolute atomic E-state index is 6.06. The van der Waals surface area contributed by atoms with Crippen LogP contribution in [0.2, 0.25) is 5.02 Å². The number of para-hydroxylation sites is 1. The average Bonchev–Trinajstić information content (AvgIpc) is 2.32. The average molecular weight is 376 g/mol. The molecule has 17 heavy (non-hydrogen) atoms. The SMILES string of the molecule is Clc1ccccc1Oc1cc(Br)ccc1CBr. The van der Waals surface area contributed by atoms with Gasteiger partial charge in [0.25, 0.3) is 0 Å². The van der Waals surface area contributed by atoms with E-state index in [0.29, 0.717) is 10.8 Å². The van der Waals surface area contributed by atoms with Gasteiger partial charge in [0.1, 0.15) is 11.5 Å². The van der Waals surface area contributed by atoms with Crippen molar-refractivity contribution in [2.45, 2.75) is 5.33 Å². The fraction of sp³-hybridized carbons (Fsp3) is 0.0769. The Balaban J connectivity index is 2.35. The summed E-state index contributed by atoms with van der Waals surface area (Å²) >= 11 is 12.9. The largest absolute Gasteiger partial charge is 0.455 e. The van der Waals surface area contributed by atoms with Crippen LogP contribution in [0.1, 0.15) is 5.56 Å². The Labute approximate surface area is 122 Å². The van der Waals surface area contributed by atoms with Crippen LogP contribution in [-0.2, 0) is 5.33 Å². The molecule has 0 aliphatic carbocycles. The summed E-state index contributed by atoms with van der Waals surface area (Å²) in [5.41, 5.74) is 1.08. The first-order valence-electron chi connectivity index (χ1n) is 4.97. The van der Waals surface area contributed by atoms with Crippen LogP contribution in [-0.4, -0.2) is 0 Å². The minimum Gasteiger partial charge on any atom is -0.455 e. The molecule has 0 atom stereocenters. The molecule has 0 saturated heterocycles. The monoisotopic (exact) mass is 374 g/mol. The lowest BCUT2D eigenvalue weighted by Gasteiger charge is -2.11. The van der Waals surface area contributed by atoms with Crippen LogP contribution in [0, 0.1) is 0 Å². The number of halogens is 3. The molecule has 0 fully saturated rings. The molecule has 0 saturated carbocycles. The van der Waals surface area contributed by atoms with Crippen molar-refractivity contribution >= 4 is 43.5 Å². The van der Waals surface area contributed by atoms with Gasteiger partial charge in [0.15, 0.2) is 0 Å². The van der Waals surface area contributed by atoms with E-state index < -0.39 is 0 Å². The van der Waals surface area contributed by atoms with Gasteiger partial charge < -0.3 is 4.74 Å². The number of hydrogen-bond acceptors (Lipinski definition) is 1. The van der Waals surface area contributed by atoms with E-state index in [1.54, 1.807) is 0 Å². The Bertz CT molecular complexity index is 529. The van der Waals surface area contributed by atoms with E-state index in [1.165, 1.54) is 0 Å². The highest BCUT2D eigenvalue weighted by Gasteiger charge is 2.07. The number of benzene rings is 2. The van der Waals surface area contributed by atoms with Gasteiger partial charge in [-0.15, -0.1) is 0 Å². The van der Waals surface area contributed by atoms with Gasteiger partial charge in [-0.25, -0.2) is 0 Å². The minimum atomic E-state index is 0.605. The Morgan fingerprint density at radius 3 is 2.53 bits per heavy atom. The summed E-state index contributed by atoms with van der Waals surface area (Å²) in [5, 5.41) is 1.34. The van der Waals surface area contributed by atoms with Crippen LogP contribution in [0.5, 0.6) is 11.5 Å². The topological polar surface area (TPSA) is 9.23 Å². The van der Waals surface area contributed by atoms with Gasteiger partial charge in [0.2, 0.25) is 0 Å². The Hall–Kier alpha value is -0.510. The molecule has 88 valence electrons. The molecule has 2 aromatic carbocycles. The number of rotatable bonds is 3. The summed E-state index contributed by atoms with van der Waals surface area (Å²) in [6, 6.07) is 13.3. The van der Waals surface area contributed by atoms with Crippen LogP contribution in [0.15, 0.2) is 46.9 Å². The summed E-state index contributed by atoms with van der Waals surface area (Å²) in [4.78, 5) is 0. The Morgan fingerprint density at radius 2 is 1.82 bits per heavy atom. The van der Waals surface area contributed by atoms with E-state index in [4.69, 9.17) is 16.3 Å². The summed E-state index contributed by atoms with van der Waals surface area (Å²) in [7, 11) is 0. The van der Waals surface area contributed by atoms with Crippen molar-refractivity contribution in [1.82, 2.24) is 0 Å². The van der Waals surface area contributed by atoms with Crippen molar-refractivity contribution < 1.29 is 4.74 Å². The first-order chi connectivity index (χ1) is 8.20. The minimum absolute atomic E-state index is 0.605. The molecule has 0 aliphatic heterocycles. The molecule has 0 radical (unpaired) electrons. The smallest absolute Gasteiger partial charge is 0.146 e. The van der Waals surface area contributed by atoms with Crippen molar-refractivity contribution in [1.29, 1.82) is 0 Å². The molecule has 0 spiro atoms. The molecule has 4 heteroatoms. The number of hydrogen-bond donors (Lipinski definition) is 0. The molecule has 0 bridgehead atoms. The molecule has 0 aliphatic rings. The normalized spacial score (nSPS) is 10.3. The third kappa shape index (κ3) is 3.24. The molecular weight excluding hydrogens is 367 g/mol. The number of ether oxygens (including phenoxy) is 1. The highest BCUT2D eigenvalue weighted by molar-refractivity contribution is 9.10. The number of alkyl halides is 1. The zero-order valence-corrected chi connectivity index (χ0v) is 12.7.